The quantitative estimate of drug-likeness (QED) is 0.661. The molecule has 1 N–H and O–H groups in total. The Balaban J connectivity index is 2.37. The van der Waals surface area contributed by atoms with Crippen molar-refractivity contribution in [2.75, 3.05) is 14.2 Å². The normalized spacial score (nSPS) is 9.89. The van der Waals surface area contributed by atoms with Crippen LogP contribution in [-0.4, -0.2) is 20.1 Å². The molecule has 2 aromatic carbocycles. The predicted octanol–water partition coefficient (Wildman–Crippen LogP) is 3.33. The van der Waals surface area contributed by atoms with E-state index in [0.717, 1.165) is 22.4 Å². The van der Waals surface area contributed by atoms with E-state index in [1.807, 2.05) is 48.5 Å². The summed E-state index contributed by atoms with van der Waals surface area (Å²) >= 11 is 0. The second-order valence-electron chi connectivity index (χ2n) is 3.81. The second-order valence-corrected chi connectivity index (χ2v) is 3.81. The van der Waals surface area contributed by atoms with Crippen molar-refractivity contribution in [2.45, 2.75) is 0 Å². The fourth-order valence-corrected chi connectivity index (χ4v) is 1.80. The molecular weight excluding hydrogens is 226 g/mol. The molecule has 0 aliphatic heterocycles. The van der Waals surface area contributed by atoms with Gasteiger partial charge in [0.05, 0.1) is 14.2 Å². The van der Waals surface area contributed by atoms with Crippen molar-refractivity contribution in [3.8, 4) is 16.9 Å². The molecule has 0 aliphatic carbocycles. The molecule has 18 heavy (non-hydrogen) atoms. The molecular formula is C15H15NO2. The van der Waals surface area contributed by atoms with Gasteiger partial charge in [-0.1, -0.05) is 30.3 Å². The number of nitrogens with one attached hydrogen (secondary N) is 1. The average molecular weight is 241 g/mol. The van der Waals surface area contributed by atoms with Gasteiger partial charge in [0.25, 0.3) is 0 Å². The van der Waals surface area contributed by atoms with Gasteiger partial charge in [-0.25, -0.2) is 0 Å². The molecule has 0 unspecified atom stereocenters. The minimum atomic E-state index is 0.168. The topological polar surface area (TPSA) is 42.3 Å². The zero-order valence-corrected chi connectivity index (χ0v) is 10.4. The van der Waals surface area contributed by atoms with E-state index in [1.54, 1.807) is 7.11 Å². The van der Waals surface area contributed by atoms with Crippen LogP contribution in [0.5, 0.6) is 5.75 Å². The molecule has 2 aromatic rings. The lowest BCUT2D eigenvalue weighted by Gasteiger charge is -2.09. The van der Waals surface area contributed by atoms with Crippen molar-refractivity contribution < 1.29 is 9.47 Å². The number of methoxy groups -OCH3 is 2. The lowest BCUT2D eigenvalue weighted by atomic mass is 10.0. The van der Waals surface area contributed by atoms with Gasteiger partial charge in [0.2, 0.25) is 5.90 Å². The summed E-state index contributed by atoms with van der Waals surface area (Å²) in [6, 6.07) is 15.5. The molecule has 0 saturated heterocycles. The van der Waals surface area contributed by atoms with Gasteiger partial charge in [-0.2, -0.15) is 0 Å². The molecule has 0 atom stereocenters. The lowest BCUT2D eigenvalue weighted by molar-refractivity contribution is 0.401. The van der Waals surface area contributed by atoms with E-state index in [2.05, 4.69) is 0 Å². The molecule has 2 rings (SSSR count). The van der Waals surface area contributed by atoms with Crippen LogP contribution in [-0.2, 0) is 4.74 Å². The maximum absolute atomic E-state index is 7.59. The molecule has 0 saturated carbocycles. The molecule has 3 nitrogen and oxygen atoms in total. The van der Waals surface area contributed by atoms with Gasteiger partial charge in [0, 0.05) is 11.1 Å². The highest BCUT2D eigenvalue weighted by Gasteiger charge is 2.06. The summed E-state index contributed by atoms with van der Waals surface area (Å²) < 4.78 is 10.2. The summed E-state index contributed by atoms with van der Waals surface area (Å²) in [5.74, 6) is 1.01. The summed E-state index contributed by atoms with van der Waals surface area (Å²) in [6.45, 7) is 0. The van der Waals surface area contributed by atoms with Gasteiger partial charge in [-0.05, 0) is 23.8 Å². The smallest absolute Gasteiger partial charge is 0.212 e. The van der Waals surface area contributed by atoms with Crippen molar-refractivity contribution >= 4 is 5.90 Å². The first-order chi connectivity index (χ1) is 8.76. The fourth-order valence-electron chi connectivity index (χ4n) is 1.80. The van der Waals surface area contributed by atoms with Crippen molar-refractivity contribution in [1.82, 2.24) is 0 Å². The molecule has 0 aliphatic rings. The van der Waals surface area contributed by atoms with Gasteiger partial charge in [0.15, 0.2) is 0 Å². The Morgan fingerprint density at radius 2 is 1.61 bits per heavy atom. The molecule has 0 heterocycles. The molecule has 0 radical (unpaired) electrons. The minimum absolute atomic E-state index is 0.168. The minimum Gasteiger partial charge on any atom is -0.496 e. The highest BCUT2D eigenvalue weighted by Crippen LogP contribution is 2.29. The number of ether oxygens (including phenoxy) is 2. The number of hydrogen-bond donors (Lipinski definition) is 1. The van der Waals surface area contributed by atoms with Crippen LogP contribution in [0.3, 0.4) is 0 Å². The lowest BCUT2D eigenvalue weighted by Crippen LogP contribution is -2.00. The predicted molar refractivity (Wildman–Crippen MR) is 72.3 cm³/mol. The van der Waals surface area contributed by atoms with E-state index in [9.17, 15) is 0 Å². The third kappa shape index (κ3) is 2.35. The summed E-state index contributed by atoms with van der Waals surface area (Å²) in [7, 11) is 3.16. The SMILES string of the molecule is COC(=N)c1ccc(-c2ccccc2OC)cc1. The number of rotatable bonds is 3. The summed E-state index contributed by atoms with van der Waals surface area (Å²) in [5, 5.41) is 7.59. The van der Waals surface area contributed by atoms with Gasteiger partial charge >= 0.3 is 0 Å². The van der Waals surface area contributed by atoms with Crippen molar-refractivity contribution in [3.63, 3.8) is 0 Å². The first-order valence-corrected chi connectivity index (χ1v) is 5.62. The molecule has 0 bridgehead atoms. The van der Waals surface area contributed by atoms with Gasteiger partial charge < -0.3 is 9.47 Å². The van der Waals surface area contributed by atoms with Crippen molar-refractivity contribution in [3.05, 3.63) is 54.1 Å². The molecule has 0 spiro atoms. The van der Waals surface area contributed by atoms with Crippen LogP contribution in [0.15, 0.2) is 48.5 Å². The maximum Gasteiger partial charge on any atom is 0.212 e. The molecule has 92 valence electrons. The van der Waals surface area contributed by atoms with Gasteiger partial charge in [-0.3, -0.25) is 5.41 Å². The van der Waals surface area contributed by atoms with Gasteiger partial charge in [-0.15, -0.1) is 0 Å². The first kappa shape index (κ1) is 12.2. The van der Waals surface area contributed by atoms with Crippen LogP contribution in [0.25, 0.3) is 11.1 Å². The third-order valence-corrected chi connectivity index (χ3v) is 2.77. The van der Waals surface area contributed by atoms with Crippen LogP contribution in [0.2, 0.25) is 0 Å². The largest absolute Gasteiger partial charge is 0.496 e. The number of para-hydroxylation sites is 1. The van der Waals surface area contributed by atoms with Crippen molar-refractivity contribution in [2.24, 2.45) is 0 Å². The van der Waals surface area contributed by atoms with E-state index < -0.39 is 0 Å². The molecule has 0 amide bonds. The van der Waals surface area contributed by atoms with E-state index >= 15 is 0 Å². The fraction of sp³-hybridized carbons (Fsp3) is 0.133. The van der Waals surface area contributed by atoms with Crippen LogP contribution in [0, 0.1) is 5.41 Å². The van der Waals surface area contributed by atoms with E-state index in [1.165, 1.54) is 7.11 Å². The Morgan fingerprint density at radius 3 is 2.22 bits per heavy atom. The van der Waals surface area contributed by atoms with Crippen LogP contribution in [0.4, 0.5) is 0 Å². The third-order valence-electron chi connectivity index (χ3n) is 2.77. The van der Waals surface area contributed by atoms with Crippen molar-refractivity contribution in [1.29, 1.82) is 5.41 Å². The standard InChI is InChI=1S/C15H15NO2/c1-17-14-6-4-3-5-13(14)11-7-9-12(10-8-11)15(16)18-2/h3-10,16H,1-2H3. The highest BCUT2D eigenvalue weighted by molar-refractivity contribution is 5.92. The average Bonchev–Trinajstić information content (AvgIpc) is 2.46. The van der Waals surface area contributed by atoms with Crippen LogP contribution in [0.1, 0.15) is 5.56 Å². The van der Waals surface area contributed by atoms with E-state index in [4.69, 9.17) is 14.9 Å². The zero-order chi connectivity index (χ0) is 13.0. The monoisotopic (exact) mass is 241 g/mol. The Kier molecular flexibility index (Phi) is 3.63. The molecule has 0 aromatic heterocycles. The van der Waals surface area contributed by atoms with Crippen LogP contribution < -0.4 is 4.74 Å². The van der Waals surface area contributed by atoms with Gasteiger partial charge in [0.1, 0.15) is 5.75 Å². The number of benzene rings is 2. The molecule has 0 fully saturated rings. The highest BCUT2D eigenvalue weighted by atomic mass is 16.5. The Bertz CT molecular complexity index is 547. The summed E-state index contributed by atoms with van der Waals surface area (Å²) in [5.41, 5.74) is 2.85. The van der Waals surface area contributed by atoms with E-state index in [0.29, 0.717) is 0 Å². The summed E-state index contributed by atoms with van der Waals surface area (Å²) in [6.07, 6.45) is 0. The Hall–Kier alpha value is -2.29. The maximum atomic E-state index is 7.59. The first-order valence-electron chi connectivity index (χ1n) is 5.62. The second kappa shape index (κ2) is 5.36. The summed E-state index contributed by atoms with van der Waals surface area (Å²) in [4.78, 5) is 0. The Labute approximate surface area is 106 Å². The zero-order valence-electron chi connectivity index (χ0n) is 10.4. The van der Waals surface area contributed by atoms with E-state index in [-0.39, 0.29) is 5.90 Å². The van der Waals surface area contributed by atoms with Crippen LogP contribution >= 0.6 is 0 Å². The molecule has 3 heteroatoms. The number of hydrogen-bond acceptors (Lipinski definition) is 3. The Morgan fingerprint density at radius 1 is 0.944 bits per heavy atom.